The second-order valence-corrected chi connectivity index (χ2v) is 6.10. The number of hydrazine groups is 1. The average molecular weight is 348 g/mol. The van der Waals surface area contributed by atoms with Crippen LogP contribution < -0.4 is 11.3 Å². The molecule has 0 bridgehead atoms. The van der Waals surface area contributed by atoms with Gasteiger partial charge in [-0.15, -0.1) is 0 Å². The van der Waals surface area contributed by atoms with Gasteiger partial charge >= 0.3 is 0 Å². The number of benzene rings is 1. The van der Waals surface area contributed by atoms with E-state index >= 15 is 0 Å². The Kier molecular flexibility index (Phi) is 4.65. The number of fused-ring (bicyclic) bond motifs is 1. The van der Waals surface area contributed by atoms with Crippen LogP contribution in [0.15, 0.2) is 47.1 Å². The lowest BCUT2D eigenvalue weighted by atomic mass is 9.91. The molecule has 3 N–H and O–H groups in total. The maximum absolute atomic E-state index is 5.97. The number of hydrogen-bond acceptors (Lipinski definition) is 4. The minimum atomic E-state index is -0.0367. The molecule has 0 spiro atoms. The van der Waals surface area contributed by atoms with Gasteiger partial charge in [0.1, 0.15) is 0 Å². The molecule has 0 radical (unpaired) electrons. The molecule has 5 heteroatoms. The van der Waals surface area contributed by atoms with Crippen LogP contribution in [0, 0.1) is 0 Å². The number of aromatic nitrogens is 1. The third-order valence-electron chi connectivity index (χ3n) is 3.83. The van der Waals surface area contributed by atoms with Gasteiger partial charge in [0.05, 0.1) is 18.8 Å². The van der Waals surface area contributed by atoms with Crippen molar-refractivity contribution in [1.29, 1.82) is 0 Å². The van der Waals surface area contributed by atoms with Crippen LogP contribution in [0.5, 0.6) is 0 Å². The van der Waals surface area contributed by atoms with Gasteiger partial charge in [0.15, 0.2) is 0 Å². The first kappa shape index (κ1) is 14.7. The quantitative estimate of drug-likeness (QED) is 0.659. The lowest BCUT2D eigenvalue weighted by molar-refractivity contribution is 0.0152. The fourth-order valence-electron chi connectivity index (χ4n) is 2.76. The molecule has 1 aliphatic heterocycles. The predicted molar refractivity (Wildman–Crippen MR) is 85.6 cm³/mol. The number of rotatable bonds is 4. The van der Waals surface area contributed by atoms with E-state index in [-0.39, 0.29) is 12.1 Å². The highest BCUT2D eigenvalue weighted by Crippen LogP contribution is 2.30. The molecule has 2 heterocycles. The van der Waals surface area contributed by atoms with Crippen molar-refractivity contribution in [1.82, 2.24) is 10.4 Å². The zero-order valence-corrected chi connectivity index (χ0v) is 13.2. The van der Waals surface area contributed by atoms with Crippen molar-refractivity contribution in [2.24, 2.45) is 5.84 Å². The summed E-state index contributed by atoms with van der Waals surface area (Å²) in [6.45, 7) is 0.730. The molecular formula is C16H18BrN3O. The highest BCUT2D eigenvalue weighted by Gasteiger charge is 2.28. The second kappa shape index (κ2) is 6.66. The van der Waals surface area contributed by atoms with Crippen molar-refractivity contribution in [3.05, 3.63) is 63.9 Å². The van der Waals surface area contributed by atoms with Crippen molar-refractivity contribution in [3.63, 3.8) is 0 Å². The second-order valence-electron chi connectivity index (χ2n) is 5.19. The van der Waals surface area contributed by atoms with Crippen LogP contribution in [-0.2, 0) is 17.6 Å². The van der Waals surface area contributed by atoms with Crippen LogP contribution in [-0.4, -0.2) is 17.6 Å². The van der Waals surface area contributed by atoms with Gasteiger partial charge in [-0.1, -0.05) is 24.3 Å². The highest BCUT2D eigenvalue weighted by atomic mass is 79.9. The zero-order valence-electron chi connectivity index (χ0n) is 11.6. The van der Waals surface area contributed by atoms with Crippen molar-refractivity contribution < 1.29 is 4.74 Å². The van der Waals surface area contributed by atoms with E-state index < -0.39 is 0 Å². The Morgan fingerprint density at radius 2 is 2.19 bits per heavy atom. The lowest BCUT2D eigenvalue weighted by Crippen LogP contribution is -2.44. The van der Waals surface area contributed by atoms with Gasteiger partial charge in [-0.3, -0.25) is 16.3 Å². The maximum atomic E-state index is 5.97. The molecule has 0 aliphatic carbocycles. The number of nitrogens with one attached hydrogen (secondary N) is 1. The van der Waals surface area contributed by atoms with E-state index in [1.165, 1.54) is 11.1 Å². The summed E-state index contributed by atoms with van der Waals surface area (Å²) in [5.41, 5.74) is 6.46. The molecule has 2 aromatic rings. The lowest BCUT2D eigenvalue weighted by Gasteiger charge is -2.32. The third-order valence-corrected chi connectivity index (χ3v) is 4.30. The standard InChI is InChI=1S/C16H18BrN3O/c17-12-5-6-13(19-10-12)9-15(20-18)16-14-4-2-1-3-11(14)7-8-21-16/h1-6,10,15-16,20H,7-9,18H2. The van der Waals surface area contributed by atoms with E-state index in [1.54, 1.807) is 6.20 Å². The summed E-state index contributed by atoms with van der Waals surface area (Å²) in [5, 5.41) is 0. The molecule has 0 saturated heterocycles. The van der Waals surface area contributed by atoms with Gasteiger partial charge in [0.2, 0.25) is 0 Å². The number of halogens is 1. The van der Waals surface area contributed by atoms with Gasteiger partial charge in [-0.25, -0.2) is 0 Å². The Morgan fingerprint density at radius 3 is 2.95 bits per heavy atom. The first-order chi connectivity index (χ1) is 10.3. The van der Waals surface area contributed by atoms with Crippen molar-refractivity contribution in [2.45, 2.75) is 25.0 Å². The number of nitrogens with two attached hydrogens (primary N) is 1. The van der Waals surface area contributed by atoms with Gasteiger partial charge in [0.25, 0.3) is 0 Å². The summed E-state index contributed by atoms with van der Waals surface area (Å²) in [5.74, 6) is 5.77. The molecule has 2 atom stereocenters. The summed E-state index contributed by atoms with van der Waals surface area (Å²) < 4.78 is 6.95. The van der Waals surface area contributed by atoms with E-state index in [2.05, 4.69) is 44.5 Å². The van der Waals surface area contributed by atoms with Crippen molar-refractivity contribution >= 4 is 15.9 Å². The van der Waals surface area contributed by atoms with Gasteiger partial charge in [-0.2, -0.15) is 0 Å². The molecule has 110 valence electrons. The average Bonchev–Trinajstić information content (AvgIpc) is 2.54. The Labute approximate surface area is 132 Å². The molecule has 2 unspecified atom stereocenters. The van der Waals surface area contributed by atoms with Crippen LogP contribution in [0.25, 0.3) is 0 Å². The Bertz CT molecular complexity index is 603. The summed E-state index contributed by atoms with van der Waals surface area (Å²) >= 11 is 3.40. The fraction of sp³-hybridized carbons (Fsp3) is 0.312. The van der Waals surface area contributed by atoms with Crippen LogP contribution in [0.4, 0.5) is 0 Å². The molecule has 0 saturated carbocycles. The Balaban J connectivity index is 1.82. The molecule has 3 rings (SSSR count). The topological polar surface area (TPSA) is 60.2 Å². The Hall–Kier alpha value is -1.27. The van der Waals surface area contributed by atoms with Crippen LogP contribution >= 0.6 is 15.9 Å². The smallest absolute Gasteiger partial charge is 0.0997 e. The van der Waals surface area contributed by atoms with E-state index in [0.717, 1.165) is 29.6 Å². The normalized spacial score (nSPS) is 19.0. The summed E-state index contributed by atoms with van der Waals surface area (Å²) in [6, 6.07) is 12.4. The largest absolute Gasteiger partial charge is 0.371 e. The molecule has 0 amide bonds. The fourth-order valence-corrected chi connectivity index (χ4v) is 3.00. The molecule has 0 fully saturated rings. The summed E-state index contributed by atoms with van der Waals surface area (Å²) in [6.07, 6.45) is 3.45. The van der Waals surface area contributed by atoms with Crippen LogP contribution in [0.2, 0.25) is 0 Å². The van der Waals surface area contributed by atoms with Gasteiger partial charge in [0, 0.05) is 22.8 Å². The first-order valence-corrected chi connectivity index (χ1v) is 7.83. The molecule has 1 aromatic heterocycles. The third kappa shape index (κ3) is 3.32. The number of nitrogens with zero attached hydrogens (tertiary/aromatic N) is 1. The molecule has 1 aromatic carbocycles. The van der Waals surface area contributed by atoms with Crippen molar-refractivity contribution in [3.8, 4) is 0 Å². The van der Waals surface area contributed by atoms with E-state index in [4.69, 9.17) is 10.6 Å². The van der Waals surface area contributed by atoms with Gasteiger partial charge in [-0.05, 0) is 45.6 Å². The van der Waals surface area contributed by atoms with E-state index in [9.17, 15) is 0 Å². The van der Waals surface area contributed by atoms with E-state index in [1.807, 2.05) is 18.2 Å². The van der Waals surface area contributed by atoms with Gasteiger partial charge < -0.3 is 4.74 Å². The van der Waals surface area contributed by atoms with Crippen LogP contribution in [0.3, 0.4) is 0 Å². The van der Waals surface area contributed by atoms with E-state index in [0.29, 0.717) is 0 Å². The SMILES string of the molecule is NNC(Cc1ccc(Br)cn1)C1OCCc2ccccc21. The summed E-state index contributed by atoms with van der Waals surface area (Å²) in [7, 11) is 0. The maximum Gasteiger partial charge on any atom is 0.0997 e. The minimum Gasteiger partial charge on any atom is -0.371 e. The molecular weight excluding hydrogens is 330 g/mol. The summed E-state index contributed by atoms with van der Waals surface area (Å²) in [4.78, 5) is 4.42. The van der Waals surface area contributed by atoms with Crippen molar-refractivity contribution in [2.75, 3.05) is 6.61 Å². The molecule has 21 heavy (non-hydrogen) atoms. The Morgan fingerprint density at radius 1 is 1.33 bits per heavy atom. The zero-order chi connectivity index (χ0) is 14.7. The predicted octanol–water partition coefficient (Wildman–Crippen LogP) is 2.53. The van der Waals surface area contributed by atoms with Crippen LogP contribution in [0.1, 0.15) is 22.9 Å². The molecule has 4 nitrogen and oxygen atoms in total. The number of hydrogen-bond donors (Lipinski definition) is 2. The highest BCUT2D eigenvalue weighted by molar-refractivity contribution is 9.10. The molecule has 1 aliphatic rings. The first-order valence-electron chi connectivity index (χ1n) is 7.04. The minimum absolute atomic E-state index is 0.000116. The monoisotopic (exact) mass is 347 g/mol. The number of pyridine rings is 1. The number of ether oxygens (including phenoxy) is 1.